The van der Waals surface area contributed by atoms with E-state index in [1.807, 2.05) is 24.3 Å². The van der Waals surface area contributed by atoms with Crippen molar-refractivity contribution in [2.45, 2.75) is 26.2 Å². The molecule has 0 aliphatic heterocycles. The minimum atomic E-state index is -0.197. The quantitative estimate of drug-likeness (QED) is 0.669. The molecule has 3 nitrogen and oxygen atoms in total. The largest absolute Gasteiger partial charge is 0.384 e. The summed E-state index contributed by atoms with van der Waals surface area (Å²) >= 11 is 0. The highest BCUT2D eigenvalue weighted by molar-refractivity contribution is 5.75. The van der Waals surface area contributed by atoms with Crippen LogP contribution >= 0.6 is 0 Å². The second-order valence-electron chi connectivity index (χ2n) is 4.27. The van der Waals surface area contributed by atoms with Gasteiger partial charge in [-0.15, -0.1) is 0 Å². The third-order valence-electron chi connectivity index (χ3n) is 2.72. The molecule has 0 bridgehead atoms. The van der Waals surface area contributed by atoms with Crippen molar-refractivity contribution in [2.75, 3.05) is 6.61 Å². The first kappa shape index (κ1) is 14.1. The third-order valence-corrected chi connectivity index (χ3v) is 2.72. The van der Waals surface area contributed by atoms with Crippen LogP contribution in [0.15, 0.2) is 24.3 Å². The van der Waals surface area contributed by atoms with Crippen molar-refractivity contribution in [3.63, 3.8) is 0 Å². The molecule has 0 saturated heterocycles. The van der Waals surface area contributed by atoms with Crippen LogP contribution in [0.3, 0.4) is 0 Å². The summed E-state index contributed by atoms with van der Waals surface area (Å²) < 4.78 is 0. The maximum atomic E-state index is 8.82. The van der Waals surface area contributed by atoms with Crippen molar-refractivity contribution in [2.24, 2.45) is 0 Å². The number of aliphatic hydroxyl groups is 1. The van der Waals surface area contributed by atoms with Crippen molar-refractivity contribution in [3.8, 4) is 23.7 Å². The molecule has 0 aliphatic carbocycles. The molecule has 1 aromatic heterocycles. The average Bonchev–Trinajstić information content (AvgIpc) is 2.49. The van der Waals surface area contributed by atoms with Crippen molar-refractivity contribution >= 4 is 11.0 Å². The summed E-state index contributed by atoms with van der Waals surface area (Å²) in [5.74, 6) is 11.6. The van der Waals surface area contributed by atoms with Crippen LogP contribution in [0.5, 0.6) is 0 Å². The second kappa shape index (κ2) is 7.28. The molecule has 1 heterocycles. The standard InChI is InChI=1S/C17H16N2O/c1-2-3-4-5-9-14-17(12-8-13-20)19-16-11-7-6-10-15(16)18-14/h6-7,10-11,20H,2-4,13H2,1H3. The van der Waals surface area contributed by atoms with Crippen LogP contribution in [0.25, 0.3) is 11.0 Å². The topological polar surface area (TPSA) is 46.0 Å². The Labute approximate surface area is 119 Å². The van der Waals surface area contributed by atoms with E-state index in [1.165, 1.54) is 0 Å². The van der Waals surface area contributed by atoms with Crippen LogP contribution in [0.1, 0.15) is 37.6 Å². The molecule has 0 unspecified atom stereocenters. The van der Waals surface area contributed by atoms with E-state index < -0.39 is 0 Å². The first-order chi connectivity index (χ1) is 9.85. The average molecular weight is 264 g/mol. The summed E-state index contributed by atoms with van der Waals surface area (Å²) in [4.78, 5) is 8.97. The summed E-state index contributed by atoms with van der Waals surface area (Å²) in [5, 5.41) is 8.82. The van der Waals surface area contributed by atoms with Crippen LogP contribution < -0.4 is 0 Å². The smallest absolute Gasteiger partial charge is 0.148 e. The number of aromatic nitrogens is 2. The third kappa shape index (κ3) is 3.57. The van der Waals surface area contributed by atoms with Gasteiger partial charge in [-0.2, -0.15) is 0 Å². The highest BCUT2D eigenvalue weighted by atomic mass is 16.2. The van der Waals surface area contributed by atoms with Crippen LogP contribution in [0.4, 0.5) is 0 Å². The molecule has 3 heteroatoms. The molecule has 0 atom stereocenters. The van der Waals surface area contributed by atoms with Gasteiger partial charge in [0, 0.05) is 6.42 Å². The van der Waals surface area contributed by atoms with Gasteiger partial charge in [-0.1, -0.05) is 37.3 Å². The van der Waals surface area contributed by atoms with E-state index in [2.05, 4.69) is 40.6 Å². The van der Waals surface area contributed by atoms with Gasteiger partial charge in [0.1, 0.15) is 18.0 Å². The van der Waals surface area contributed by atoms with Crippen molar-refractivity contribution in [1.82, 2.24) is 9.97 Å². The Bertz CT molecular complexity index is 714. The number of fused-ring (bicyclic) bond motifs is 1. The molecule has 1 aromatic carbocycles. The predicted molar refractivity (Wildman–Crippen MR) is 79.9 cm³/mol. The molecule has 0 spiro atoms. The van der Waals surface area contributed by atoms with E-state index in [0.717, 1.165) is 30.3 Å². The molecule has 0 aliphatic rings. The van der Waals surface area contributed by atoms with Crippen molar-refractivity contribution < 1.29 is 5.11 Å². The molecule has 0 amide bonds. The number of hydrogen-bond acceptors (Lipinski definition) is 3. The Kier molecular flexibility index (Phi) is 5.12. The molecule has 1 N–H and O–H groups in total. The van der Waals surface area contributed by atoms with E-state index in [9.17, 15) is 0 Å². The van der Waals surface area contributed by atoms with Crippen LogP contribution in [0.2, 0.25) is 0 Å². The lowest BCUT2D eigenvalue weighted by Crippen LogP contribution is -1.96. The highest BCUT2D eigenvalue weighted by Crippen LogP contribution is 2.11. The van der Waals surface area contributed by atoms with E-state index in [-0.39, 0.29) is 6.61 Å². The van der Waals surface area contributed by atoms with Gasteiger partial charge in [-0.25, -0.2) is 9.97 Å². The van der Waals surface area contributed by atoms with Gasteiger partial charge in [0.05, 0.1) is 11.0 Å². The van der Waals surface area contributed by atoms with Crippen LogP contribution in [-0.4, -0.2) is 21.7 Å². The van der Waals surface area contributed by atoms with Gasteiger partial charge in [0.25, 0.3) is 0 Å². The lowest BCUT2D eigenvalue weighted by Gasteiger charge is -2.00. The van der Waals surface area contributed by atoms with Gasteiger partial charge in [-0.3, -0.25) is 0 Å². The molecule has 20 heavy (non-hydrogen) atoms. The van der Waals surface area contributed by atoms with E-state index in [4.69, 9.17) is 5.11 Å². The minimum Gasteiger partial charge on any atom is -0.384 e. The Morgan fingerprint density at radius 3 is 2.15 bits per heavy atom. The fraction of sp³-hybridized carbons (Fsp3) is 0.294. The van der Waals surface area contributed by atoms with Crippen LogP contribution in [-0.2, 0) is 0 Å². The van der Waals surface area contributed by atoms with Crippen molar-refractivity contribution in [3.05, 3.63) is 35.7 Å². The summed E-state index contributed by atoms with van der Waals surface area (Å²) in [6.07, 6.45) is 3.04. The molecular formula is C17H16N2O. The molecule has 0 saturated carbocycles. The Hall–Kier alpha value is -2.36. The Morgan fingerprint density at radius 1 is 1.00 bits per heavy atom. The van der Waals surface area contributed by atoms with Gasteiger partial charge in [0.15, 0.2) is 0 Å². The van der Waals surface area contributed by atoms with Gasteiger partial charge < -0.3 is 5.11 Å². The highest BCUT2D eigenvalue weighted by Gasteiger charge is 2.04. The maximum absolute atomic E-state index is 8.82. The molecule has 2 aromatic rings. The number of nitrogens with zero attached hydrogens (tertiary/aromatic N) is 2. The summed E-state index contributed by atoms with van der Waals surface area (Å²) in [6, 6.07) is 7.63. The zero-order valence-electron chi connectivity index (χ0n) is 11.5. The first-order valence-corrected chi connectivity index (χ1v) is 6.70. The lowest BCUT2D eigenvalue weighted by atomic mass is 10.2. The fourth-order valence-electron chi connectivity index (χ4n) is 1.71. The van der Waals surface area contributed by atoms with E-state index in [0.29, 0.717) is 11.4 Å². The lowest BCUT2D eigenvalue weighted by molar-refractivity contribution is 0.350. The summed E-state index contributed by atoms with van der Waals surface area (Å²) in [6.45, 7) is 1.94. The van der Waals surface area contributed by atoms with Gasteiger partial charge >= 0.3 is 0 Å². The molecule has 0 fully saturated rings. The Morgan fingerprint density at radius 2 is 1.60 bits per heavy atom. The zero-order chi connectivity index (χ0) is 14.2. The summed E-state index contributed by atoms with van der Waals surface area (Å²) in [7, 11) is 0. The molecule has 0 radical (unpaired) electrons. The predicted octanol–water partition coefficient (Wildman–Crippen LogP) is 2.52. The number of rotatable bonds is 2. The van der Waals surface area contributed by atoms with E-state index >= 15 is 0 Å². The second-order valence-corrected chi connectivity index (χ2v) is 4.27. The molecule has 2 rings (SSSR count). The fourth-order valence-corrected chi connectivity index (χ4v) is 1.71. The maximum Gasteiger partial charge on any atom is 0.148 e. The number of hydrogen-bond donors (Lipinski definition) is 1. The number of benzene rings is 1. The number of aliphatic hydroxyl groups excluding tert-OH is 1. The van der Waals surface area contributed by atoms with Gasteiger partial charge in [-0.05, 0) is 30.4 Å². The molecule has 100 valence electrons. The molecular weight excluding hydrogens is 248 g/mol. The zero-order valence-corrected chi connectivity index (χ0v) is 11.5. The van der Waals surface area contributed by atoms with Gasteiger partial charge in [0.2, 0.25) is 0 Å². The summed E-state index contributed by atoms with van der Waals surface area (Å²) in [5.41, 5.74) is 2.71. The first-order valence-electron chi connectivity index (χ1n) is 6.70. The SMILES string of the molecule is CCCCC#Cc1nc2ccccc2nc1C#CCO. The minimum absolute atomic E-state index is 0.197. The van der Waals surface area contributed by atoms with Crippen LogP contribution in [0, 0.1) is 23.7 Å². The Balaban J connectivity index is 2.44. The monoisotopic (exact) mass is 264 g/mol. The van der Waals surface area contributed by atoms with Crippen molar-refractivity contribution in [1.29, 1.82) is 0 Å². The number of unbranched alkanes of at least 4 members (excludes halogenated alkanes) is 2. The normalized spacial score (nSPS) is 9.50. The van der Waals surface area contributed by atoms with E-state index in [1.54, 1.807) is 0 Å². The number of para-hydroxylation sites is 2.